The van der Waals surface area contributed by atoms with E-state index in [1.54, 1.807) is 0 Å². The lowest BCUT2D eigenvalue weighted by Crippen LogP contribution is -2.41. The van der Waals surface area contributed by atoms with E-state index < -0.39 is 15.8 Å². The fourth-order valence-corrected chi connectivity index (χ4v) is 3.31. The highest BCUT2D eigenvalue weighted by molar-refractivity contribution is 7.89. The first kappa shape index (κ1) is 15.2. The third-order valence-electron chi connectivity index (χ3n) is 3.69. The molecule has 1 atom stereocenters. The molecule has 3 N–H and O–H groups in total. The summed E-state index contributed by atoms with van der Waals surface area (Å²) in [6, 6.07) is 4.40. The van der Waals surface area contributed by atoms with Crippen molar-refractivity contribution in [3.05, 3.63) is 24.0 Å². The summed E-state index contributed by atoms with van der Waals surface area (Å²) in [5.41, 5.74) is 5.14. The van der Waals surface area contributed by atoms with Gasteiger partial charge in [0.05, 0.1) is 5.69 Å². The first-order chi connectivity index (χ1) is 9.33. The average molecular weight is 301 g/mol. The van der Waals surface area contributed by atoms with Crippen molar-refractivity contribution in [2.24, 2.45) is 0 Å². The van der Waals surface area contributed by atoms with Crippen molar-refractivity contribution in [2.45, 2.75) is 36.7 Å². The molecule has 7 heteroatoms. The van der Waals surface area contributed by atoms with Crippen LogP contribution in [0, 0.1) is 5.82 Å². The number of nitrogens with two attached hydrogens (primary N) is 1. The van der Waals surface area contributed by atoms with Crippen molar-refractivity contribution >= 4 is 15.7 Å². The maximum atomic E-state index is 13.3. The van der Waals surface area contributed by atoms with Gasteiger partial charge < -0.3 is 5.73 Å². The van der Waals surface area contributed by atoms with Crippen LogP contribution in [-0.4, -0.2) is 39.0 Å². The van der Waals surface area contributed by atoms with Crippen LogP contribution in [0.3, 0.4) is 0 Å². The van der Waals surface area contributed by atoms with E-state index in [0.29, 0.717) is 6.04 Å². The summed E-state index contributed by atoms with van der Waals surface area (Å²) in [7, 11) is -1.81. The fraction of sp³-hybridized carbons (Fsp3) is 0.538. The van der Waals surface area contributed by atoms with Gasteiger partial charge in [-0.15, -0.1) is 0 Å². The number of benzene rings is 1. The topological polar surface area (TPSA) is 75.4 Å². The van der Waals surface area contributed by atoms with Crippen LogP contribution in [0.25, 0.3) is 0 Å². The standard InChI is InChI=1S/C13H20FN3O2S/c1-9(17(2)10-6-7-10)8-16-20(18,19)12-5-3-4-11(14)13(12)15/h3-5,9-10,16H,6-8,15H2,1-2H3. The van der Waals surface area contributed by atoms with Gasteiger partial charge in [0.2, 0.25) is 10.0 Å². The zero-order valence-corrected chi connectivity index (χ0v) is 12.5. The van der Waals surface area contributed by atoms with Crippen molar-refractivity contribution in [1.82, 2.24) is 9.62 Å². The lowest BCUT2D eigenvalue weighted by Gasteiger charge is -2.24. The molecule has 0 heterocycles. The van der Waals surface area contributed by atoms with Gasteiger partial charge in [0.25, 0.3) is 0 Å². The molecule has 0 radical (unpaired) electrons. The third-order valence-corrected chi connectivity index (χ3v) is 5.17. The summed E-state index contributed by atoms with van der Waals surface area (Å²) >= 11 is 0. The van der Waals surface area contributed by atoms with E-state index in [1.807, 2.05) is 14.0 Å². The average Bonchev–Trinajstić information content (AvgIpc) is 3.22. The molecule has 20 heavy (non-hydrogen) atoms. The first-order valence-corrected chi connectivity index (χ1v) is 8.07. The molecule has 0 aromatic heterocycles. The van der Waals surface area contributed by atoms with Crippen molar-refractivity contribution in [2.75, 3.05) is 19.3 Å². The van der Waals surface area contributed by atoms with Gasteiger partial charge in [0, 0.05) is 18.6 Å². The second-order valence-corrected chi connectivity index (χ2v) is 6.98. The maximum absolute atomic E-state index is 13.3. The summed E-state index contributed by atoms with van der Waals surface area (Å²) in [6.07, 6.45) is 2.31. The van der Waals surface area contributed by atoms with Gasteiger partial charge in [0.15, 0.2) is 0 Å². The number of halogens is 1. The van der Waals surface area contributed by atoms with Crippen molar-refractivity contribution < 1.29 is 12.8 Å². The van der Waals surface area contributed by atoms with Crippen LogP contribution in [0.15, 0.2) is 23.1 Å². The van der Waals surface area contributed by atoms with Gasteiger partial charge in [0.1, 0.15) is 10.7 Å². The predicted octanol–water partition coefficient (Wildman–Crippen LogP) is 1.17. The van der Waals surface area contributed by atoms with E-state index in [4.69, 9.17) is 5.73 Å². The molecule has 0 spiro atoms. The minimum Gasteiger partial charge on any atom is -0.395 e. The first-order valence-electron chi connectivity index (χ1n) is 6.58. The van der Waals surface area contributed by atoms with Crippen molar-refractivity contribution in [3.8, 4) is 0 Å². The van der Waals surface area contributed by atoms with E-state index in [9.17, 15) is 12.8 Å². The summed E-state index contributed by atoms with van der Waals surface area (Å²) in [4.78, 5) is 1.94. The van der Waals surface area contributed by atoms with Crippen molar-refractivity contribution in [1.29, 1.82) is 0 Å². The number of nitrogens with zero attached hydrogens (tertiary/aromatic N) is 1. The molecular weight excluding hydrogens is 281 g/mol. The van der Waals surface area contributed by atoms with E-state index in [0.717, 1.165) is 18.9 Å². The number of para-hydroxylation sites is 1. The fourth-order valence-electron chi connectivity index (χ4n) is 2.05. The number of nitrogens with one attached hydrogen (secondary N) is 1. The molecule has 1 aromatic carbocycles. The van der Waals surface area contributed by atoms with Gasteiger partial charge in [-0.25, -0.2) is 17.5 Å². The van der Waals surface area contributed by atoms with E-state index in [1.165, 1.54) is 12.1 Å². The maximum Gasteiger partial charge on any atom is 0.242 e. The highest BCUT2D eigenvalue weighted by Gasteiger charge is 2.30. The van der Waals surface area contributed by atoms with Crippen LogP contribution in [0.5, 0.6) is 0 Å². The van der Waals surface area contributed by atoms with Gasteiger partial charge in [-0.2, -0.15) is 0 Å². The molecule has 0 amide bonds. The Morgan fingerprint density at radius 2 is 2.15 bits per heavy atom. The lowest BCUT2D eigenvalue weighted by atomic mass is 10.3. The summed E-state index contributed by atoms with van der Waals surface area (Å²) in [6.45, 7) is 2.22. The molecule has 1 aromatic rings. The molecule has 1 aliphatic rings. The van der Waals surface area contributed by atoms with Crippen LogP contribution in [-0.2, 0) is 10.0 Å². The molecule has 0 saturated heterocycles. The van der Waals surface area contributed by atoms with Crippen LogP contribution in [0.4, 0.5) is 10.1 Å². The minimum absolute atomic E-state index is 0.0760. The smallest absolute Gasteiger partial charge is 0.242 e. The molecule has 1 fully saturated rings. The monoisotopic (exact) mass is 301 g/mol. The molecule has 1 unspecified atom stereocenters. The molecule has 2 rings (SSSR count). The van der Waals surface area contributed by atoms with E-state index >= 15 is 0 Å². The van der Waals surface area contributed by atoms with Gasteiger partial charge in [-0.3, -0.25) is 4.90 Å². The number of nitrogen functional groups attached to an aromatic ring is 1. The Bertz CT molecular complexity index is 587. The Labute approximate surface area is 119 Å². The quantitative estimate of drug-likeness (QED) is 0.773. The van der Waals surface area contributed by atoms with Gasteiger partial charge in [-0.05, 0) is 38.9 Å². The largest absolute Gasteiger partial charge is 0.395 e. The molecule has 1 aliphatic carbocycles. The Balaban J connectivity index is 2.05. The summed E-state index contributed by atoms with van der Waals surface area (Å²) in [5.74, 6) is -0.726. The van der Waals surface area contributed by atoms with Gasteiger partial charge >= 0.3 is 0 Å². The third kappa shape index (κ3) is 3.28. The van der Waals surface area contributed by atoms with Gasteiger partial charge in [-0.1, -0.05) is 6.07 Å². The Hall–Kier alpha value is -1.18. The lowest BCUT2D eigenvalue weighted by molar-refractivity contribution is 0.248. The minimum atomic E-state index is -3.79. The van der Waals surface area contributed by atoms with E-state index in [-0.39, 0.29) is 23.2 Å². The Morgan fingerprint density at radius 3 is 2.75 bits per heavy atom. The Kier molecular flexibility index (Phi) is 4.31. The molecule has 1 saturated carbocycles. The van der Waals surface area contributed by atoms with E-state index in [2.05, 4.69) is 9.62 Å². The second-order valence-electron chi connectivity index (χ2n) is 5.25. The number of rotatable bonds is 6. The number of anilines is 1. The van der Waals surface area contributed by atoms with Crippen LogP contribution in [0.2, 0.25) is 0 Å². The number of hydrogen-bond donors (Lipinski definition) is 2. The normalized spacial score (nSPS) is 17.4. The van der Waals surface area contributed by atoms with Crippen molar-refractivity contribution in [3.63, 3.8) is 0 Å². The zero-order chi connectivity index (χ0) is 14.9. The highest BCUT2D eigenvalue weighted by atomic mass is 32.2. The molecule has 0 bridgehead atoms. The van der Waals surface area contributed by atoms with Crippen LogP contribution < -0.4 is 10.5 Å². The second kappa shape index (κ2) is 5.67. The summed E-state index contributed by atoms with van der Waals surface area (Å²) < 4.78 is 40.1. The molecule has 112 valence electrons. The zero-order valence-electron chi connectivity index (χ0n) is 11.6. The molecule has 0 aliphatic heterocycles. The summed E-state index contributed by atoms with van der Waals surface area (Å²) in [5, 5.41) is 0. The molecule has 5 nitrogen and oxygen atoms in total. The SMILES string of the molecule is CC(CNS(=O)(=O)c1cccc(F)c1N)N(C)C1CC1. The van der Waals surface area contributed by atoms with Crippen LogP contribution in [0.1, 0.15) is 19.8 Å². The number of hydrogen-bond acceptors (Lipinski definition) is 4. The predicted molar refractivity (Wildman–Crippen MR) is 76.2 cm³/mol. The molecular formula is C13H20FN3O2S. The number of sulfonamides is 1. The highest BCUT2D eigenvalue weighted by Crippen LogP contribution is 2.27. The Morgan fingerprint density at radius 1 is 1.50 bits per heavy atom. The van der Waals surface area contributed by atoms with Crippen LogP contribution >= 0.6 is 0 Å². The number of likely N-dealkylation sites (N-methyl/N-ethyl adjacent to an activating group) is 1.